The number of benzene rings is 1. The second kappa shape index (κ2) is 4.94. The van der Waals surface area contributed by atoms with Crippen LogP contribution in [0.3, 0.4) is 0 Å². The summed E-state index contributed by atoms with van der Waals surface area (Å²) in [4.78, 5) is 17.5. The molecule has 3 aromatic rings. The number of aryl methyl sites for hydroxylation is 2. The minimum absolute atomic E-state index is 0.148. The average Bonchev–Trinajstić information content (AvgIpc) is 3.13. The van der Waals surface area contributed by atoms with Crippen LogP contribution < -0.4 is 5.32 Å². The highest BCUT2D eigenvalue weighted by atomic mass is 16.5. The standard InChI is InChI=1S/C17H15N3O2/c1-10-9-15(20-22-10)19-17(21)16-11-5-2-3-7-13(11)18-14-8-4-6-12(14)16/h2-3,5,7,9H,4,6,8H2,1H3,(H,19,20,21). The van der Waals surface area contributed by atoms with Gasteiger partial charge in [0, 0.05) is 17.1 Å². The highest BCUT2D eigenvalue weighted by Crippen LogP contribution is 2.30. The fourth-order valence-electron chi connectivity index (χ4n) is 3.07. The molecule has 5 heteroatoms. The van der Waals surface area contributed by atoms with Gasteiger partial charge in [-0.05, 0) is 37.8 Å². The molecule has 0 spiro atoms. The largest absolute Gasteiger partial charge is 0.360 e. The maximum Gasteiger partial charge on any atom is 0.257 e. The van der Waals surface area contributed by atoms with E-state index in [1.54, 1.807) is 13.0 Å². The first-order chi connectivity index (χ1) is 10.7. The number of carbonyl (C=O) groups is 1. The number of amides is 1. The summed E-state index contributed by atoms with van der Waals surface area (Å²) >= 11 is 0. The van der Waals surface area contributed by atoms with Crippen molar-refractivity contribution in [1.82, 2.24) is 10.1 Å². The fourth-order valence-corrected chi connectivity index (χ4v) is 3.07. The molecule has 2 aromatic heterocycles. The first-order valence-corrected chi connectivity index (χ1v) is 7.37. The molecule has 5 nitrogen and oxygen atoms in total. The van der Waals surface area contributed by atoms with Crippen LogP contribution in [0.15, 0.2) is 34.9 Å². The van der Waals surface area contributed by atoms with E-state index in [0.29, 0.717) is 11.6 Å². The molecule has 0 saturated carbocycles. The first-order valence-electron chi connectivity index (χ1n) is 7.37. The van der Waals surface area contributed by atoms with Gasteiger partial charge in [-0.1, -0.05) is 23.4 Å². The van der Waals surface area contributed by atoms with Crippen LogP contribution in [0.4, 0.5) is 5.82 Å². The van der Waals surface area contributed by atoms with Gasteiger partial charge in [-0.25, -0.2) is 0 Å². The first kappa shape index (κ1) is 13.0. The smallest absolute Gasteiger partial charge is 0.257 e. The van der Waals surface area contributed by atoms with Gasteiger partial charge in [-0.3, -0.25) is 9.78 Å². The molecule has 0 atom stereocenters. The van der Waals surface area contributed by atoms with Crippen LogP contribution in [0.5, 0.6) is 0 Å². The molecule has 4 rings (SSSR count). The molecule has 2 heterocycles. The molecule has 0 unspecified atom stereocenters. The van der Waals surface area contributed by atoms with Gasteiger partial charge in [0.15, 0.2) is 5.82 Å². The Hall–Kier alpha value is -2.69. The number of para-hydroxylation sites is 1. The van der Waals surface area contributed by atoms with E-state index in [0.717, 1.165) is 47.0 Å². The Morgan fingerprint density at radius 3 is 2.95 bits per heavy atom. The molecule has 22 heavy (non-hydrogen) atoms. The molecule has 110 valence electrons. The van der Waals surface area contributed by atoms with Crippen molar-refractivity contribution in [3.05, 3.63) is 52.9 Å². The summed E-state index contributed by atoms with van der Waals surface area (Å²) in [7, 11) is 0. The third-order valence-corrected chi connectivity index (χ3v) is 4.02. The van der Waals surface area contributed by atoms with Crippen LogP contribution in [-0.2, 0) is 12.8 Å². The quantitative estimate of drug-likeness (QED) is 0.787. The van der Waals surface area contributed by atoms with E-state index in [9.17, 15) is 4.79 Å². The predicted molar refractivity (Wildman–Crippen MR) is 83.0 cm³/mol. The number of rotatable bonds is 2. The van der Waals surface area contributed by atoms with Crippen molar-refractivity contribution >= 4 is 22.6 Å². The number of fused-ring (bicyclic) bond motifs is 2. The number of anilines is 1. The average molecular weight is 293 g/mol. The summed E-state index contributed by atoms with van der Waals surface area (Å²) in [5, 5.41) is 7.55. The van der Waals surface area contributed by atoms with Crippen molar-refractivity contribution in [1.29, 1.82) is 0 Å². The van der Waals surface area contributed by atoms with Crippen LogP contribution in [0.1, 0.15) is 33.8 Å². The van der Waals surface area contributed by atoms with E-state index in [-0.39, 0.29) is 5.91 Å². The third kappa shape index (κ3) is 2.06. The minimum atomic E-state index is -0.148. The highest BCUT2D eigenvalue weighted by molar-refractivity contribution is 6.13. The van der Waals surface area contributed by atoms with Crippen molar-refractivity contribution in [2.24, 2.45) is 0 Å². The summed E-state index contributed by atoms with van der Waals surface area (Å²) in [5.74, 6) is 0.959. The van der Waals surface area contributed by atoms with Gasteiger partial charge in [-0.15, -0.1) is 0 Å². The van der Waals surface area contributed by atoms with Gasteiger partial charge in [0.1, 0.15) is 5.76 Å². The number of aromatic nitrogens is 2. The third-order valence-electron chi connectivity index (χ3n) is 4.02. The molecule has 0 fully saturated rings. The lowest BCUT2D eigenvalue weighted by Crippen LogP contribution is -2.16. The summed E-state index contributed by atoms with van der Waals surface area (Å²) in [5.41, 5.74) is 3.69. The number of nitrogens with zero attached hydrogens (tertiary/aromatic N) is 2. The Labute approximate surface area is 127 Å². The Balaban J connectivity index is 1.84. The Morgan fingerprint density at radius 2 is 2.14 bits per heavy atom. The SMILES string of the molecule is Cc1cc(NC(=O)c2c3c(nc4ccccc24)CCC3)no1. The van der Waals surface area contributed by atoms with Crippen molar-refractivity contribution in [3.63, 3.8) is 0 Å². The second-order valence-corrected chi connectivity index (χ2v) is 5.56. The zero-order valence-electron chi connectivity index (χ0n) is 12.2. The van der Waals surface area contributed by atoms with E-state index in [2.05, 4.69) is 10.5 Å². The Bertz CT molecular complexity index is 883. The maximum absolute atomic E-state index is 12.8. The molecule has 1 aromatic carbocycles. The van der Waals surface area contributed by atoms with Crippen LogP contribution in [-0.4, -0.2) is 16.0 Å². The molecule has 1 aliphatic carbocycles. The Morgan fingerprint density at radius 1 is 1.27 bits per heavy atom. The van der Waals surface area contributed by atoms with Crippen LogP contribution in [0, 0.1) is 6.92 Å². The van der Waals surface area contributed by atoms with Crippen molar-refractivity contribution < 1.29 is 9.32 Å². The summed E-state index contributed by atoms with van der Waals surface area (Å²) in [6.45, 7) is 1.79. The number of hydrogen-bond donors (Lipinski definition) is 1. The molecular weight excluding hydrogens is 278 g/mol. The van der Waals surface area contributed by atoms with Crippen molar-refractivity contribution in [3.8, 4) is 0 Å². The number of pyridine rings is 1. The van der Waals surface area contributed by atoms with Gasteiger partial charge in [0.25, 0.3) is 5.91 Å². The van der Waals surface area contributed by atoms with Gasteiger partial charge in [-0.2, -0.15) is 0 Å². The topological polar surface area (TPSA) is 68.0 Å². The molecule has 1 aliphatic rings. The monoisotopic (exact) mass is 293 g/mol. The maximum atomic E-state index is 12.8. The van der Waals surface area contributed by atoms with E-state index in [1.807, 2.05) is 24.3 Å². The summed E-state index contributed by atoms with van der Waals surface area (Å²) in [6, 6.07) is 9.48. The van der Waals surface area contributed by atoms with Crippen LogP contribution >= 0.6 is 0 Å². The fraction of sp³-hybridized carbons (Fsp3) is 0.235. The van der Waals surface area contributed by atoms with E-state index < -0.39 is 0 Å². The van der Waals surface area contributed by atoms with Gasteiger partial charge in [0.2, 0.25) is 0 Å². The summed E-state index contributed by atoms with van der Waals surface area (Å²) < 4.78 is 5.00. The zero-order chi connectivity index (χ0) is 15.1. The predicted octanol–water partition coefficient (Wildman–Crippen LogP) is 3.27. The molecule has 1 amide bonds. The highest BCUT2D eigenvalue weighted by Gasteiger charge is 2.24. The van der Waals surface area contributed by atoms with Crippen molar-refractivity contribution in [2.45, 2.75) is 26.2 Å². The molecular formula is C17H15N3O2. The second-order valence-electron chi connectivity index (χ2n) is 5.56. The number of nitrogens with one attached hydrogen (secondary N) is 1. The molecule has 0 aliphatic heterocycles. The minimum Gasteiger partial charge on any atom is -0.360 e. The zero-order valence-corrected chi connectivity index (χ0v) is 12.2. The lowest BCUT2D eigenvalue weighted by molar-refractivity contribution is 0.102. The Kier molecular flexibility index (Phi) is 2.92. The van der Waals surface area contributed by atoms with Gasteiger partial charge >= 0.3 is 0 Å². The molecule has 0 radical (unpaired) electrons. The normalized spacial score (nSPS) is 13.3. The van der Waals surface area contributed by atoms with E-state index in [1.165, 1.54) is 0 Å². The van der Waals surface area contributed by atoms with Crippen LogP contribution in [0.25, 0.3) is 10.9 Å². The van der Waals surface area contributed by atoms with Crippen LogP contribution in [0.2, 0.25) is 0 Å². The summed E-state index contributed by atoms with van der Waals surface area (Å²) in [6.07, 6.45) is 2.87. The molecule has 0 saturated heterocycles. The lowest BCUT2D eigenvalue weighted by Gasteiger charge is -2.11. The van der Waals surface area contributed by atoms with E-state index in [4.69, 9.17) is 9.51 Å². The molecule has 1 N–H and O–H groups in total. The lowest BCUT2D eigenvalue weighted by atomic mass is 10.0. The van der Waals surface area contributed by atoms with Gasteiger partial charge < -0.3 is 9.84 Å². The van der Waals surface area contributed by atoms with Crippen molar-refractivity contribution in [2.75, 3.05) is 5.32 Å². The number of hydrogen-bond acceptors (Lipinski definition) is 4. The number of carbonyl (C=O) groups excluding carboxylic acids is 1. The molecule has 0 bridgehead atoms. The van der Waals surface area contributed by atoms with E-state index >= 15 is 0 Å². The van der Waals surface area contributed by atoms with Gasteiger partial charge in [0.05, 0.1) is 11.1 Å².